The average molecular weight is 212 g/mol. The Morgan fingerprint density at radius 1 is 1.57 bits per heavy atom. The summed E-state index contributed by atoms with van der Waals surface area (Å²) in [5, 5.41) is 3.33. The number of hydrogen-bond donors (Lipinski definition) is 1. The maximum atomic E-state index is 11.3. The van der Waals surface area contributed by atoms with E-state index < -0.39 is 0 Å². The van der Waals surface area contributed by atoms with Gasteiger partial charge in [0.25, 0.3) is 0 Å². The Bertz CT molecular complexity index is 378. The molecule has 4 heteroatoms. The van der Waals surface area contributed by atoms with Gasteiger partial charge >= 0.3 is 0 Å². The molecule has 1 heterocycles. The van der Waals surface area contributed by atoms with Crippen LogP contribution in [0.3, 0.4) is 0 Å². The number of benzene rings is 1. The molecule has 1 N–H and O–H groups in total. The Labute approximate surface area is 87.0 Å². The minimum atomic E-state index is -0.0996. The van der Waals surface area contributed by atoms with Crippen LogP contribution >= 0.6 is 11.6 Å². The summed E-state index contributed by atoms with van der Waals surface area (Å²) in [6, 6.07) is 5.19. The van der Waals surface area contributed by atoms with E-state index in [0.717, 1.165) is 0 Å². The maximum absolute atomic E-state index is 11.3. The smallest absolute Gasteiger partial charge is 0.228 e. The van der Waals surface area contributed by atoms with Crippen LogP contribution in [0.5, 0.6) is 5.75 Å². The second-order valence-corrected chi connectivity index (χ2v) is 3.76. The molecule has 1 aliphatic heterocycles. The van der Waals surface area contributed by atoms with Gasteiger partial charge in [0.2, 0.25) is 5.91 Å². The van der Waals surface area contributed by atoms with E-state index in [2.05, 4.69) is 5.32 Å². The molecule has 0 saturated carbocycles. The van der Waals surface area contributed by atoms with Gasteiger partial charge in [0.1, 0.15) is 11.9 Å². The number of fused-ring (bicyclic) bond motifs is 1. The van der Waals surface area contributed by atoms with E-state index in [0.29, 0.717) is 22.9 Å². The van der Waals surface area contributed by atoms with Crippen molar-refractivity contribution in [3.63, 3.8) is 0 Å². The number of halogens is 1. The third-order valence-electron chi connectivity index (χ3n) is 2.02. The lowest BCUT2D eigenvalue weighted by molar-refractivity contribution is -0.117. The van der Waals surface area contributed by atoms with Crippen LogP contribution in [0.2, 0.25) is 5.02 Å². The highest BCUT2D eigenvalue weighted by atomic mass is 35.5. The Balaban J connectivity index is 2.41. The number of carbonyl (C=O) groups is 1. The fraction of sp³-hybridized carbons (Fsp3) is 0.300. The lowest BCUT2D eigenvalue weighted by atomic mass is 10.3. The van der Waals surface area contributed by atoms with Gasteiger partial charge in [-0.25, -0.2) is 0 Å². The van der Waals surface area contributed by atoms with Crippen molar-refractivity contribution in [2.45, 2.75) is 19.4 Å². The highest BCUT2D eigenvalue weighted by Gasteiger charge is 2.18. The topological polar surface area (TPSA) is 38.3 Å². The fourth-order valence-corrected chi connectivity index (χ4v) is 1.60. The van der Waals surface area contributed by atoms with Gasteiger partial charge < -0.3 is 10.1 Å². The summed E-state index contributed by atoms with van der Waals surface area (Å²) in [4.78, 5) is 11.3. The van der Waals surface area contributed by atoms with Crippen molar-refractivity contribution in [2.24, 2.45) is 0 Å². The predicted octanol–water partition coefficient (Wildman–Crippen LogP) is 2.45. The van der Waals surface area contributed by atoms with Gasteiger partial charge in [0, 0.05) is 5.02 Å². The van der Waals surface area contributed by atoms with Crippen LogP contribution in [0.1, 0.15) is 13.3 Å². The largest absolute Gasteiger partial charge is 0.488 e. The van der Waals surface area contributed by atoms with Crippen LogP contribution in [0.15, 0.2) is 18.2 Å². The van der Waals surface area contributed by atoms with Crippen molar-refractivity contribution < 1.29 is 9.53 Å². The van der Waals surface area contributed by atoms with Gasteiger partial charge in [-0.05, 0) is 25.1 Å². The second kappa shape index (κ2) is 3.50. The summed E-state index contributed by atoms with van der Waals surface area (Å²) in [7, 11) is 0. The Morgan fingerprint density at radius 3 is 3.14 bits per heavy atom. The molecule has 74 valence electrons. The zero-order chi connectivity index (χ0) is 10.1. The number of ether oxygens (including phenoxy) is 1. The first-order valence-corrected chi connectivity index (χ1v) is 4.79. The summed E-state index contributed by atoms with van der Waals surface area (Å²) in [5.41, 5.74) is 0.645. The highest BCUT2D eigenvalue weighted by Crippen LogP contribution is 2.31. The first-order chi connectivity index (χ1) is 6.65. The normalized spacial score (nSPS) is 20.4. The summed E-state index contributed by atoms with van der Waals surface area (Å²) >= 11 is 5.81. The first-order valence-electron chi connectivity index (χ1n) is 4.41. The monoisotopic (exact) mass is 211 g/mol. The van der Waals surface area contributed by atoms with Gasteiger partial charge in [0.05, 0.1) is 12.1 Å². The number of carbonyl (C=O) groups excluding carboxylic acids is 1. The Hall–Kier alpha value is -1.22. The molecule has 0 spiro atoms. The molecule has 1 aromatic carbocycles. The minimum Gasteiger partial charge on any atom is -0.488 e. The molecule has 1 aromatic rings. The van der Waals surface area contributed by atoms with Gasteiger partial charge in [-0.3, -0.25) is 4.79 Å². The number of amides is 1. The van der Waals surface area contributed by atoms with Crippen LogP contribution in [0.25, 0.3) is 0 Å². The summed E-state index contributed by atoms with van der Waals surface area (Å²) < 4.78 is 5.54. The molecule has 1 amide bonds. The second-order valence-electron chi connectivity index (χ2n) is 3.32. The molecule has 0 bridgehead atoms. The van der Waals surface area contributed by atoms with Crippen molar-refractivity contribution in [2.75, 3.05) is 5.32 Å². The van der Waals surface area contributed by atoms with Gasteiger partial charge in [0.15, 0.2) is 0 Å². The number of hydrogen-bond acceptors (Lipinski definition) is 2. The number of rotatable bonds is 0. The molecule has 3 nitrogen and oxygen atoms in total. The van der Waals surface area contributed by atoms with Gasteiger partial charge in [-0.2, -0.15) is 0 Å². The summed E-state index contributed by atoms with van der Waals surface area (Å²) in [5.74, 6) is 0.631. The molecule has 14 heavy (non-hydrogen) atoms. The van der Waals surface area contributed by atoms with E-state index in [1.807, 2.05) is 6.92 Å². The van der Waals surface area contributed by atoms with Crippen molar-refractivity contribution in [3.8, 4) is 5.75 Å². The van der Waals surface area contributed by atoms with Crippen LogP contribution in [0, 0.1) is 0 Å². The molecule has 0 radical (unpaired) electrons. The lowest BCUT2D eigenvalue weighted by Crippen LogP contribution is -2.17. The third-order valence-corrected chi connectivity index (χ3v) is 2.25. The van der Waals surface area contributed by atoms with Crippen molar-refractivity contribution >= 4 is 23.2 Å². The Morgan fingerprint density at radius 2 is 2.36 bits per heavy atom. The molecule has 0 aliphatic carbocycles. The molecule has 1 aliphatic rings. The van der Waals surface area contributed by atoms with Crippen molar-refractivity contribution in [3.05, 3.63) is 23.2 Å². The quantitative estimate of drug-likeness (QED) is 0.716. The molecular formula is C10H10ClNO2. The molecule has 0 saturated heterocycles. The zero-order valence-electron chi connectivity index (χ0n) is 7.71. The van der Waals surface area contributed by atoms with E-state index >= 15 is 0 Å². The van der Waals surface area contributed by atoms with Crippen LogP contribution in [-0.2, 0) is 4.79 Å². The average Bonchev–Trinajstić information content (AvgIpc) is 2.21. The van der Waals surface area contributed by atoms with Crippen molar-refractivity contribution in [1.82, 2.24) is 0 Å². The maximum Gasteiger partial charge on any atom is 0.228 e. The van der Waals surface area contributed by atoms with Crippen LogP contribution < -0.4 is 10.1 Å². The number of nitrogens with one attached hydrogen (secondary N) is 1. The zero-order valence-corrected chi connectivity index (χ0v) is 8.47. The van der Waals surface area contributed by atoms with Crippen molar-refractivity contribution in [1.29, 1.82) is 0 Å². The lowest BCUT2D eigenvalue weighted by Gasteiger charge is -2.10. The molecule has 2 rings (SSSR count). The number of anilines is 1. The molecule has 0 aromatic heterocycles. The molecule has 0 fully saturated rings. The van der Waals surface area contributed by atoms with E-state index in [1.165, 1.54) is 0 Å². The van der Waals surface area contributed by atoms with Gasteiger partial charge in [-0.15, -0.1) is 0 Å². The fourth-order valence-electron chi connectivity index (χ4n) is 1.42. The molecule has 0 unspecified atom stereocenters. The van der Waals surface area contributed by atoms with Gasteiger partial charge in [-0.1, -0.05) is 11.6 Å². The highest BCUT2D eigenvalue weighted by molar-refractivity contribution is 6.31. The Kier molecular flexibility index (Phi) is 2.33. The summed E-state index contributed by atoms with van der Waals surface area (Å²) in [6.45, 7) is 1.86. The summed E-state index contributed by atoms with van der Waals surface area (Å²) in [6.07, 6.45) is 0.268. The molecule has 1 atom stereocenters. The molecular weight excluding hydrogens is 202 g/mol. The van der Waals surface area contributed by atoms with E-state index in [1.54, 1.807) is 18.2 Å². The van der Waals surface area contributed by atoms with E-state index in [-0.39, 0.29) is 12.0 Å². The predicted molar refractivity (Wildman–Crippen MR) is 54.8 cm³/mol. The van der Waals surface area contributed by atoms with Crippen LogP contribution in [-0.4, -0.2) is 12.0 Å². The standard InChI is InChI=1S/C10H10ClNO2/c1-6-4-10(13)12-8-5-7(11)2-3-9(8)14-6/h2-3,5-6H,4H2,1H3,(H,12,13)/t6-/m0/s1. The third kappa shape index (κ3) is 1.82. The van der Waals surface area contributed by atoms with E-state index in [9.17, 15) is 4.79 Å². The SMILES string of the molecule is C[C@H]1CC(=O)Nc2cc(Cl)ccc2O1. The van der Waals surface area contributed by atoms with E-state index in [4.69, 9.17) is 16.3 Å². The first kappa shape index (κ1) is 9.34. The minimum absolute atomic E-state index is 0.0430. The van der Waals surface area contributed by atoms with Crippen LogP contribution in [0.4, 0.5) is 5.69 Å².